The van der Waals surface area contributed by atoms with E-state index in [1.807, 2.05) is 38.1 Å². The summed E-state index contributed by atoms with van der Waals surface area (Å²) in [6.07, 6.45) is 0.619. The third-order valence-electron chi connectivity index (χ3n) is 3.13. The molecule has 0 fully saturated rings. The largest absolute Gasteiger partial charge is 0.396 e. The summed E-state index contributed by atoms with van der Waals surface area (Å²) in [6.45, 7) is 4.09. The van der Waals surface area contributed by atoms with Crippen molar-refractivity contribution in [2.75, 3.05) is 6.61 Å². The van der Waals surface area contributed by atoms with E-state index < -0.39 is 0 Å². The van der Waals surface area contributed by atoms with Gasteiger partial charge in [-0.2, -0.15) is 0 Å². The summed E-state index contributed by atoms with van der Waals surface area (Å²) in [5, 5.41) is 9.82. The van der Waals surface area contributed by atoms with Crippen LogP contribution in [0.25, 0.3) is 0 Å². The Labute approximate surface area is 96.1 Å². The second-order valence-corrected chi connectivity index (χ2v) is 4.57. The van der Waals surface area contributed by atoms with E-state index >= 15 is 0 Å². The summed E-state index contributed by atoms with van der Waals surface area (Å²) in [7, 11) is 0. The highest BCUT2D eigenvalue weighted by Crippen LogP contribution is 2.34. The van der Waals surface area contributed by atoms with Crippen LogP contribution >= 0.6 is 11.6 Å². The molecule has 0 bridgehead atoms. The van der Waals surface area contributed by atoms with Crippen molar-refractivity contribution in [1.29, 1.82) is 0 Å². The van der Waals surface area contributed by atoms with Crippen LogP contribution in [-0.2, 0) is 5.41 Å². The molecule has 0 radical (unpaired) electrons. The number of nitrogens with two attached hydrogens (primary N) is 1. The van der Waals surface area contributed by atoms with Crippen molar-refractivity contribution < 1.29 is 5.11 Å². The quantitative estimate of drug-likeness (QED) is 0.830. The number of hydrogen-bond donors (Lipinski definition) is 2. The average Bonchev–Trinajstić information content (AvgIpc) is 2.18. The summed E-state index contributed by atoms with van der Waals surface area (Å²) in [5.74, 6) is 0. The van der Waals surface area contributed by atoms with Gasteiger partial charge >= 0.3 is 0 Å². The lowest BCUT2D eigenvalue weighted by molar-refractivity contribution is 0.229. The molecule has 0 aliphatic heterocycles. The lowest BCUT2D eigenvalue weighted by Crippen LogP contribution is -2.41. The van der Waals surface area contributed by atoms with Crippen molar-refractivity contribution >= 4 is 11.6 Å². The number of aliphatic hydroxyl groups is 1. The third kappa shape index (κ3) is 2.51. The Bertz CT molecular complexity index is 327. The van der Waals surface area contributed by atoms with Crippen LogP contribution < -0.4 is 5.73 Å². The van der Waals surface area contributed by atoms with Crippen molar-refractivity contribution in [1.82, 2.24) is 0 Å². The third-order valence-corrected chi connectivity index (χ3v) is 3.45. The fraction of sp³-hybridized carbons (Fsp3) is 0.500. The van der Waals surface area contributed by atoms with Gasteiger partial charge in [-0.3, -0.25) is 0 Å². The molecule has 0 aromatic heterocycles. The summed E-state index contributed by atoms with van der Waals surface area (Å²) < 4.78 is 0. The molecule has 0 saturated carbocycles. The summed E-state index contributed by atoms with van der Waals surface area (Å²) in [6, 6.07) is 7.62. The molecule has 0 amide bonds. The number of halogens is 1. The molecule has 3 heteroatoms. The maximum atomic E-state index is 9.10. The topological polar surface area (TPSA) is 46.2 Å². The lowest BCUT2D eigenvalue weighted by Gasteiger charge is -2.34. The highest BCUT2D eigenvalue weighted by molar-refractivity contribution is 6.31. The first-order valence-electron chi connectivity index (χ1n) is 5.14. The zero-order valence-corrected chi connectivity index (χ0v) is 9.96. The van der Waals surface area contributed by atoms with Crippen LogP contribution in [0.5, 0.6) is 0 Å². The van der Waals surface area contributed by atoms with Crippen LogP contribution in [0.1, 0.15) is 25.8 Å². The predicted molar refractivity (Wildman–Crippen MR) is 64.2 cm³/mol. The summed E-state index contributed by atoms with van der Waals surface area (Å²) in [5.41, 5.74) is 6.73. The Morgan fingerprint density at radius 3 is 2.53 bits per heavy atom. The molecule has 15 heavy (non-hydrogen) atoms. The number of benzene rings is 1. The van der Waals surface area contributed by atoms with Crippen molar-refractivity contribution in [3.8, 4) is 0 Å². The van der Waals surface area contributed by atoms with Gasteiger partial charge in [0, 0.05) is 23.1 Å². The normalized spacial score (nSPS) is 17.1. The van der Waals surface area contributed by atoms with Crippen molar-refractivity contribution in [3.05, 3.63) is 34.9 Å². The van der Waals surface area contributed by atoms with Gasteiger partial charge in [0.1, 0.15) is 0 Å². The Hall–Kier alpha value is -0.570. The van der Waals surface area contributed by atoms with Gasteiger partial charge in [-0.1, -0.05) is 36.7 Å². The predicted octanol–water partition coefficient (Wildman–Crippen LogP) is 2.33. The maximum absolute atomic E-state index is 9.10. The Balaban J connectivity index is 3.15. The van der Waals surface area contributed by atoms with E-state index in [0.717, 1.165) is 5.56 Å². The minimum absolute atomic E-state index is 0.0513. The SMILES string of the molecule is CC(N)C(C)(CCO)c1ccccc1Cl. The molecule has 0 aliphatic rings. The van der Waals surface area contributed by atoms with E-state index in [1.54, 1.807) is 0 Å². The first-order valence-corrected chi connectivity index (χ1v) is 5.51. The zero-order chi connectivity index (χ0) is 11.5. The summed E-state index contributed by atoms with van der Waals surface area (Å²) in [4.78, 5) is 0. The first-order chi connectivity index (χ1) is 7.02. The van der Waals surface area contributed by atoms with Crippen LogP contribution in [-0.4, -0.2) is 17.8 Å². The molecule has 2 unspecified atom stereocenters. The van der Waals surface area contributed by atoms with E-state index in [2.05, 4.69) is 0 Å². The fourth-order valence-electron chi connectivity index (χ4n) is 1.76. The van der Waals surface area contributed by atoms with Gasteiger partial charge in [0.15, 0.2) is 0 Å². The summed E-state index contributed by atoms with van der Waals surface area (Å²) >= 11 is 6.15. The van der Waals surface area contributed by atoms with E-state index in [9.17, 15) is 0 Å². The highest BCUT2D eigenvalue weighted by Gasteiger charge is 2.31. The average molecular weight is 228 g/mol. The van der Waals surface area contributed by atoms with Gasteiger partial charge in [0.25, 0.3) is 0 Å². The van der Waals surface area contributed by atoms with Crippen LogP contribution in [0.2, 0.25) is 5.02 Å². The van der Waals surface area contributed by atoms with Crippen LogP contribution in [0.15, 0.2) is 24.3 Å². The van der Waals surface area contributed by atoms with E-state index in [4.69, 9.17) is 22.4 Å². The Morgan fingerprint density at radius 2 is 2.07 bits per heavy atom. The van der Waals surface area contributed by atoms with Gasteiger partial charge < -0.3 is 10.8 Å². The standard InChI is InChI=1S/C12H18ClNO/c1-9(14)12(2,7-8-15)10-5-3-4-6-11(10)13/h3-6,9,15H,7-8,14H2,1-2H3. The van der Waals surface area contributed by atoms with Gasteiger partial charge in [-0.25, -0.2) is 0 Å². The van der Waals surface area contributed by atoms with Gasteiger partial charge in [0.05, 0.1) is 0 Å². The maximum Gasteiger partial charge on any atom is 0.0444 e. The van der Waals surface area contributed by atoms with Crippen molar-refractivity contribution in [2.24, 2.45) is 5.73 Å². The van der Waals surface area contributed by atoms with Gasteiger partial charge in [0.2, 0.25) is 0 Å². The number of rotatable bonds is 4. The van der Waals surface area contributed by atoms with Crippen LogP contribution in [0, 0.1) is 0 Å². The second-order valence-electron chi connectivity index (χ2n) is 4.16. The van der Waals surface area contributed by atoms with E-state index in [-0.39, 0.29) is 18.1 Å². The minimum atomic E-state index is -0.271. The molecule has 84 valence electrons. The number of aliphatic hydroxyl groups excluding tert-OH is 1. The molecule has 1 aromatic rings. The zero-order valence-electron chi connectivity index (χ0n) is 9.20. The second kappa shape index (κ2) is 4.97. The molecule has 0 aliphatic carbocycles. The number of hydrogen-bond acceptors (Lipinski definition) is 2. The monoisotopic (exact) mass is 227 g/mol. The molecule has 1 aromatic carbocycles. The molecular formula is C12H18ClNO. The van der Waals surface area contributed by atoms with Crippen LogP contribution in [0.4, 0.5) is 0 Å². The molecule has 3 N–H and O–H groups in total. The molecular weight excluding hydrogens is 210 g/mol. The Morgan fingerprint density at radius 1 is 1.47 bits per heavy atom. The minimum Gasteiger partial charge on any atom is -0.396 e. The Kier molecular flexibility index (Phi) is 4.14. The molecule has 1 rings (SSSR count). The lowest BCUT2D eigenvalue weighted by atomic mass is 9.74. The van der Waals surface area contributed by atoms with Crippen molar-refractivity contribution in [3.63, 3.8) is 0 Å². The van der Waals surface area contributed by atoms with Gasteiger partial charge in [-0.05, 0) is 25.0 Å². The van der Waals surface area contributed by atoms with Gasteiger partial charge in [-0.15, -0.1) is 0 Å². The molecule has 2 atom stereocenters. The molecule has 0 spiro atoms. The first kappa shape index (κ1) is 12.5. The fourth-order valence-corrected chi connectivity index (χ4v) is 2.12. The highest BCUT2D eigenvalue weighted by atomic mass is 35.5. The van der Waals surface area contributed by atoms with E-state index in [0.29, 0.717) is 11.4 Å². The van der Waals surface area contributed by atoms with Crippen LogP contribution in [0.3, 0.4) is 0 Å². The van der Waals surface area contributed by atoms with E-state index in [1.165, 1.54) is 0 Å². The molecule has 0 heterocycles. The molecule has 0 saturated heterocycles. The van der Waals surface area contributed by atoms with Crippen molar-refractivity contribution in [2.45, 2.75) is 31.7 Å². The smallest absolute Gasteiger partial charge is 0.0444 e. The molecule has 2 nitrogen and oxygen atoms in total.